The van der Waals surface area contributed by atoms with Crippen LogP contribution in [0.25, 0.3) is 6.08 Å². The molecule has 1 aliphatic rings. The maximum Gasteiger partial charge on any atom is 0.144 e. The van der Waals surface area contributed by atoms with Gasteiger partial charge in [0, 0.05) is 25.9 Å². The zero-order valence-electron chi connectivity index (χ0n) is 15.5. The number of allylic oxidation sites excluding steroid dienone is 3. The standard InChI is InChI=1S/C20H24N2O4/c1-6-7-8-14-11-16(23-2)9-10-17(14)22-21-15-12-18(24-3)20(26-5)19(13-15)25-4/h6-13,18,20H,1H2,2-5H3/b8-7-,22-21+. The Hall–Kier alpha value is -2.70. The summed E-state index contributed by atoms with van der Waals surface area (Å²) < 4.78 is 21.5. The number of hydrogen-bond donors (Lipinski definition) is 0. The fraction of sp³-hybridized carbons (Fsp3) is 0.300. The summed E-state index contributed by atoms with van der Waals surface area (Å²) >= 11 is 0. The molecule has 6 heteroatoms. The van der Waals surface area contributed by atoms with E-state index in [-0.39, 0.29) is 12.2 Å². The number of nitrogens with zero attached hydrogens (tertiary/aromatic N) is 2. The molecule has 6 nitrogen and oxygen atoms in total. The quantitative estimate of drug-likeness (QED) is 0.510. The Morgan fingerprint density at radius 2 is 1.85 bits per heavy atom. The van der Waals surface area contributed by atoms with Crippen molar-refractivity contribution in [1.29, 1.82) is 0 Å². The maximum absolute atomic E-state index is 5.45. The summed E-state index contributed by atoms with van der Waals surface area (Å²) in [5.74, 6) is 1.38. The zero-order chi connectivity index (χ0) is 18.9. The minimum Gasteiger partial charge on any atom is -0.498 e. The number of hydrogen-bond acceptors (Lipinski definition) is 6. The summed E-state index contributed by atoms with van der Waals surface area (Å²) in [5, 5.41) is 8.70. The van der Waals surface area contributed by atoms with Gasteiger partial charge in [-0.15, -0.1) is 5.11 Å². The lowest BCUT2D eigenvalue weighted by Crippen LogP contribution is -2.33. The monoisotopic (exact) mass is 356 g/mol. The highest BCUT2D eigenvalue weighted by atomic mass is 16.6. The van der Waals surface area contributed by atoms with Gasteiger partial charge in [0.15, 0.2) is 0 Å². The molecule has 0 saturated heterocycles. The Balaban J connectivity index is 2.34. The fourth-order valence-electron chi connectivity index (χ4n) is 2.54. The van der Waals surface area contributed by atoms with Gasteiger partial charge < -0.3 is 18.9 Å². The van der Waals surface area contributed by atoms with E-state index in [1.165, 1.54) is 0 Å². The molecule has 0 N–H and O–H groups in total. The first-order chi connectivity index (χ1) is 12.7. The molecule has 1 aromatic carbocycles. The van der Waals surface area contributed by atoms with E-state index in [2.05, 4.69) is 16.8 Å². The Morgan fingerprint density at radius 1 is 1.04 bits per heavy atom. The Bertz CT molecular complexity index is 750. The van der Waals surface area contributed by atoms with Crippen LogP contribution in [-0.4, -0.2) is 40.6 Å². The van der Waals surface area contributed by atoms with E-state index in [0.717, 1.165) is 11.3 Å². The van der Waals surface area contributed by atoms with Crippen LogP contribution in [0.2, 0.25) is 0 Å². The van der Waals surface area contributed by atoms with Crippen LogP contribution in [0.5, 0.6) is 5.75 Å². The molecule has 0 saturated carbocycles. The van der Waals surface area contributed by atoms with Crippen molar-refractivity contribution >= 4 is 11.8 Å². The molecule has 1 aromatic rings. The first kappa shape index (κ1) is 19.6. The molecule has 2 unspecified atom stereocenters. The fourth-order valence-corrected chi connectivity index (χ4v) is 2.54. The first-order valence-electron chi connectivity index (χ1n) is 8.08. The Labute approximate surface area is 154 Å². The summed E-state index contributed by atoms with van der Waals surface area (Å²) in [7, 11) is 6.44. The molecule has 138 valence electrons. The maximum atomic E-state index is 5.45. The second-order valence-corrected chi connectivity index (χ2v) is 5.42. The van der Waals surface area contributed by atoms with Crippen molar-refractivity contribution in [2.45, 2.75) is 12.2 Å². The van der Waals surface area contributed by atoms with Crippen molar-refractivity contribution in [2.75, 3.05) is 28.4 Å². The lowest BCUT2D eigenvalue weighted by molar-refractivity contribution is -0.0190. The van der Waals surface area contributed by atoms with Crippen LogP contribution in [0.15, 0.2) is 70.8 Å². The van der Waals surface area contributed by atoms with E-state index in [1.54, 1.807) is 40.6 Å². The Morgan fingerprint density at radius 3 is 2.46 bits per heavy atom. The molecule has 0 heterocycles. The lowest BCUT2D eigenvalue weighted by Gasteiger charge is -2.27. The van der Waals surface area contributed by atoms with Crippen LogP contribution >= 0.6 is 0 Å². The summed E-state index contributed by atoms with van der Waals surface area (Å²) in [6.07, 6.45) is 8.46. The van der Waals surface area contributed by atoms with Gasteiger partial charge in [-0.3, -0.25) is 0 Å². The first-order valence-corrected chi connectivity index (χ1v) is 8.08. The number of benzene rings is 1. The summed E-state index contributed by atoms with van der Waals surface area (Å²) in [5.41, 5.74) is 2.22. The van der Waals surface area contributed by atoms with Gasteiger partial charge in [0.2, 0.25) is 0 Å². The number of azo groups is 1. The van der Waals surface area contributed by atoms with E-state index < -0.39 is 0 Å². The van der Waals surface area contributed by atoms with Crippen LogP contribution in [-0.2, 0) is 14.2 Å². The van der Waals surface area contributed by atoms with E-state index >= 15 is 0 Å². The highest BCUT2D eigenvalue weighted by Crippen LogP contribution is 2.29. The van der Waals surface area contributed by atoms with Crippen LogP contribution in [0.1, 0.15) is 5.56 Å². The summed E-state index contributed by atoms with van der Waals surface area (Å²) in [6.45, 7) is 3.69. The van der Waals surface area contributed by atoms with Crippen molar-refractivity contribution in [3.8, 4) is 5.75 Å². The van der Waals surface area contributed by atoms with E-state index in [0.29, 0.717) is 17.1 Å². The molecule has 0 bridgehead atoms. The third-order valence-electron chi connectivity index (χ3n) is 3.89. The normalized spacial score (nSPS) is 20.2. The highest BCUT2D eigenvalue weighted by molar-refractivity contribution is 5.66. The van der Waals surface area contributed by atoms with E-state index in [1.807, 2.05) is 36.4 Å². The zero-order valence-corrected chi connectivity index (χ0v) is 15.5. The highest BCUT2D eigenvalue weighted by Gasteiger charge is 2.28. The molecular formula is C20H24N2O4. The van der Waals surface area contributed by atoms with Gasteiger partial charge in [-0.2, -0.15) is 5.11 Å². The molecular weight excluding hydrogens is 332 g/mol. The van der Waals surface area contributed by atoms with Crippen molar-refractivity contribution in [1.82, 2.24) is 0 Å². The van der Waals surface area contributed by atoms with Crippen LogP contribution in [0.4, 0.5) is 5.69 Å². The van der Waals surface area contributed by atoms with Gasteiger partial charge in [0.25, 0.3) is 0 Å². The molecule has 0 fully saturated rings. The number of methoxy groups -OCH3 is 4. The molecule has 26 heavy (non-hydrogen) atoms. The van der Waals surface area contributed by atoms with Gasteiger partial charge in [0.05, 0.1) is 25.6 Å². The van der Waals surface area contributed by atoms with Crippen molar-refractivity contribution in [2.24, 2.45) is 10.2 Å². The molecule has 0 amide bonds. The van der Waals surface area contributed by atoms with Crippen molar-refractivity contribution in [3.05, 3.63) is 66.1 Å². The van der Waals surface area contributed by atoms with Gasteiger partial charge in [-0.25, -0.2) is 0 Å². The molecule has 1 aliphatic carbocycles. The smallest absolute Gasteiger partial charge is 0.144 e. The predicted octanol–water partition coefficient (Wildman–Crippen LogP) is 4.44. The minimum absolute atomic E-state index is 0.301. The molecule has 2 rings (SSSR count). The second kappa shape index (κ2) is 9.70. The molecule has 0 radical (unpaired) electrons. The van der Waals surface area contributed by atoms with Crippen LogP contribution in [0, 0.1) is 0 Å². The van der Waals surface area contributed by atoms with E-state index in [4.69, 9.17) is 18.9 Å². The van der Waals surface area contributed by atoms with Crippen LogP contribution < -0.4 is 4.74 Å². The molecule has 0 aliphatic heterocycles. The van der Waals surface area contributed by atoms with E-state index in [9.17, 15) is 0 Å². The predicted molar refractivity (Wildman–Crippen MR) is 102 cm³/mol. The van der Waals surface area contributed by atoms with Gasteiger partial charge in [-0.1, -0.05) is 24.8 Å². The summed E-state index contributed by atoms with van der Waals surface area (Å²) in [6, 6.07) is 5.57. The lowest BCUT2D eigenvalue weighted by atomic mass is 10.0. The number of ether oxygens (including phenoxy) is 4. The average Bonchev–Trinajstić information content (AvgIpc) is 2.69. The Kier molecular flexibility index (Phi) is 7.32. The minimum atomic E-state index is -0.309. The third kappa shape index (κ3) is 4.68. The van der Waals surface area contributed by atoms with Crippen LogP contribution in [0.3, 0.4) is 0 Å². The van der Waals surface area contributed by atoms with Gasteiger partial charge in [-0.05, 0) is 24.3 Å². The molecule has 0 aromatic heterocycles. The molecule has 2 atom stereocenters. The SMILES string of the molecule is C=C/C=C\c1cc(OC)ccc1/N=N/C1=CC(OC)C(OC)C(OC)=C1. The van der Waals surface area contributed by atoms with Gasteiger partial charge in [0.1, 0.15) is 23.7 Å². The van der Waals surface area contributed by atoms with Crippen molar-refractivity contribution in [3.63, 3.8) is 0 Å². The molecule has 0 spiro atoms. The third-order valence-corrected chi connectivity index (χ3v) is 3.89. The topological polar surface area (TPSA) is 61.6 Å². The summed E-state index contributed by atoms with van der Waals surface area (Å²) in [4.78, 5) is 0. The van der Waals surface area contributed by atoms with Gasteiger partial charge >= 0.3 is 0 Å². The largest absolute Gasteiger partial charge is 0.498 e. The average molecular weight is 356 g/mol. The second-order valence-electron chi connectivity index (χ2n) is 5.42. The number of rotatable bonds is 8. The van der Waals surface area contributed by atoms with Crippen molar-refractivity contribution < 1.29 is 18.9 Å².